The van der Waals surface area contributed by atoms with E-state index in [0.717, 1.165) is 17.0 Å². The Balaban J connectivity index is 1.96. The Morgan fingerprint density at radius 2 is 1.83 bits per heavy atom. The van der Waals surface area contributed by atoms with Crippen LogP contribution in [0.4, 0.5) is 42.5 Å². The molecule has 1 aromatic rings. The number of rotatable bonds is 7. The summed E-state index contributed by atoms with van der Waals surface area (Å²) < 4.78 is 81.3. The van der Waals surface area contributed by atoms with E-state index in [4.69, 9.17) is 4.74 Å². The van der Waals surface area contributed by atoms with Gasteiger partial charge in [0.1, 0.15) is 0 Å². The van der Waals surface area contributed by atoms with Crippen molar-refractivity contribution >= 4 is 17.4 Å². The maximum absolute atomic E-state index is 13.1. The van der Waals surface area contributed by atoms with Crippen LogP contribution in [-0.4, -0.2) is 70.1 Å². The molecular weight excluding hydrogens is 418 g/mol. The van der Waals surface area contributed by atoms with Gasteiger partial charge in [0.15, 0.2) is 0 Å². The number of alkyl halides is 6. The van der Waals surface area contributed by atoms with Crippen LogP contribution >= 0.6 is 0 Å². The number of halogens is 6. The van der Waals surface area contributed by atoms with Gasteiger partial charge < -0.3 is 20.3 Å². The first-order valence-electron chi connectivity index (χ1n) is 9.30. The zero-order valence-corrected chi connectivity index (χ0v) is 16.4. The predicted molar refractivity (Wildman–Crippen MR) is 99.7 cm³/mol. The summed E-state index contributed by atoms with van der Waals surface area (Å²) in [5.74, 6) is 0. The summed E-state index contributed by atoms with van der Waals surface area (Å²) in [4.78, 5) is 15.0. The van der Waals surface area contributed by atoms with Crippen molar-refractivity contribution in [2.45, 2.75) is 18.8 Å². The van der Waals surface area contributed by atoms with Crippen molar-refractivity contribution in [2.24, 2.45) is 0 Å². The van der Waals surface area contributed by atoms with Gasteiger partial charge in [-0.25, -0.2) is 4.79 Å². The Morgan fingerprint density at radius 1 is 1.17 bits per heavy atom. The maximum Gasteiger partial charge on any atom is 0.416 e. The summed E-state index contributed by atoms with van der Waals surface area (Å²) in [7, 11) is 1.31. The lowest BCUT2D eigenvalue weighted by Crippen LogP contribution is -2.38. The Bertz CT molecular complexity index is 705. The second-order valence-electron chi connectivity index (χ2n) is 6.92. The molecule has 1 fully saturated rings. The number of benzene rings is 1. The van der Waals surface area contributed by atoms with Crippen molar-refractivity contribution in [1.29, 1.82) is 0 Å². The summed E-state index contributed by atoms with van der Waals surface area (Å²) in [6.45, 7) is 0.866. The van der Waals surface area contributed by atoms with Crippen molar-refractivity contribution in [1.82, 2.24) is 10.2 Å². The van der Waals surface area contributed by atoms with Crippen molar-refractivity contribution in [3.05, 3.63) is 23.8 Å². The van der Waals surface area contributed by atoms with Crippen molar-refractivity contribution < 1.29 is 35.9 Å². The molecule has 1 aliphatic rings. The highest BCUT2D eigenvalue weighted by Gasteiger charge is 2.32. The molecule has 0 radical (unpaired) electrons. The number of carbonyl (C=O) groups is 1. The van der Waals surface area contributed by atoms with Crippen LogP contribution in [0.3, 0.4) is 0 Å². The molecule has 2 amide bonds. The number of hydrogen-bond acceptors (Lipinski definition) is 4. The fourth-order valence-electron chi connectivity index (χ4n) is 3.00. The maximum atomic E-state index is 13.1. The fourth-order valence-corrected chi connectivity index (χ4v) is 3.00. The minimum absolute atomic E-state index is 0.00147. The SMILES string of the molecule is CN(CCCNC(=O)Nc1cc(C(F)(F)F)ccc1N1CCOCC1)CC(F)(F)F. The molecule has 0 atom stereocenters. The monoisotopic (exact) mass is 442 g/mol. The third-order valence-electron chi connectivity index (χ3n) is 4.38. The lowest BCUT2D eigenvalue weighted by Gasteiger charge is -2.31. The molecule has 0 unspecified atom stereocenters. The summed E-state index contributed by atoms with van der Waals surface area (Å²) in [5.41, 5.74) is -0.464. The van der Waals surface area contributed by atoms with E-state index in [1.54, 1.807) is 0 Å². The normalized spacial score (nSPS) is 15.4. The largest absolute Gasteiger partial charge is 0.416 e. The molecule has 2 N–H and O–H groups in total. The minimum Gasteiger partial charge on any atom is -0.378 e. The Morgan fingerprint density at radius 3 is 2.43 bits per heavy atom. The minimum atomic E-state index is -4.57. The molecule has 170 valence electrons. The first kappa shape index (κ1) is 24.1. The van der Waals surface area contributed by atoms with E-state index in [9.17, 15) is 31.1 Å². The lowest BCUT2D eigenvalue weighted by molar-refractivity contribution is -0.143. The molecule has 30 heavy (non-hydrogen) atoms. The first-order valence-corrected chi connectivity index (χ1v) is 9.30. The highest BCUT2D eigenvalue weighted by Crippen LogP contribution is 2.35. The van der Waals surface area contributed by atoms with Crippen LogP contribution in [0.5, 0.6) is 0 Å². The van der Waals surface area contributed by atoms with Gasteiger partial charge in [-0.05, 0) is 38.2 Å². The quantitative estimate of drug-likeness (QED) is 0.501. The number of anilines is 2. The first-order chi connectivity index (χ1) is 14.0. The number of morpholine rings is 1. The van der Waals surface area contributed by atoms with Crippen LogP contribution in [0.15, 0.2) is 18.2 Å². The number of amides is 2. The van der Waals surface area contributed by atoms with Crippen molar-refractivity contribution in [3.8, 4) is 0 Å². The van der Waals surface area contributed by atoms with E-state index in [2.05, 4.69) is 10.6 Å². The van der Waals surface area contributed by atoms with Crippen LogP contribution < -0.4 is 15.5 Å². The number of urea groups is 1. The third-order valence-corrected chi connectivity index (χ3v) is 4.38. The molecule has 1 aromatic carbocycles. The number of hydrogen-bond donors (Lipinski definition) is 2. The Labute approximate surface area is 170 Å². The average molecular weight is 442 g/mol. The molecule has 0 bridgehead atoms. The summed E-state index contributed by atoms with van der Waals surface area (Å²) in [6.07, 6.45) is -8.63. The van der Waals surface area contributed by atoms with Gasteiger partial charge in [-0.15, -0.1) is 0 Å². The number of carbonyl (C=O) groups excluding carboxylic acids is 1. The van der Waals surface area contributed by atoms with Crippen molar-refractivity contribution in [3.63, 3.8) is 0 Å². The smallest absolute Gasteiger partial charge is 0.378 e. The van der Waals surface area contributed by atoms with Crippen LogP contribution in [0.25, 0.3) is 0 Å². The van der Waals surface area contributed by atoms with Gasteiger partial charge in [-0.2, -0.15) is 26.3 Å². The van der Waals surface area contributed by atoms with Crippen molar-refractivity contribution in [2.75, 3.05) is 63.2 Å². The molecule has 6 nitrogen and oxygen atoms in total. The Hall–Kier alpha value is -2.21. The third kappa shape index (κ3) is 7.90. The fraction of sp³-hybridized carbons (Fsp3) is 0.611. The standard InChI is InChI=1S/C18H24F6N4O2/c1-27(12-17(19,20)21)6-2-5-25-16(29)26-14-11-13(18(22,23)24)3-4-15(14)28-7-9-30-10-8-28/h3-4,11H,2,5-10,12H2,1H3,(H2,25,26,29). The zero-order chi connectivity index (χ0) is 22.4. The topological polar surface area (TPSA) is 56.8 Å². The van der Waals surface area contributed by atoms with E-state index < -0.39 is 30.5 Å². The average Bonchev–Trinajstić information content (AvgIpc) is 2.64. The van der Waals surface area contributed by atoms with Gasteiger partial charge in [0.05, 0.1) is 36.7 Å². The van der Waals surface area contributed by atoms with E-state index >= 15 is 0 Å². The molecule has 0 spiro atoms. The van der Waals surface area contributed by atoms with Gasteiger partial charge in [0.2, 0.25) is 0 Å². The van der Waals surface area contributed by atoms with Gasteiger partial charge in [0.25, 0.3) is 0 Å². The Kier molecular flexibility index (Phi) is 8.18. The number of nitrogens with one attached hydrogen (secondary N) is 2. The second kappa shape index (κ2) is 10.2. The van der Waals surface area contributed by atoms with Gasteiger partial charge in [0, 0.05) is 19.6 Å². The summed E-state index contributed by atoms with van der Waals surface area (Å²) in [5, 5.41) is 4.88. The highest BCUT2D eigenvalue weighted by atomic mass is 19.4. The second-order valence-corrected chi connectivity index (χ2v) is 6.92. The van der Waals surface area contributed by atoms with E-state index in [1.165, 1.54) is 13.1 Å². The number of nitrogens with zero attached hydrogens (tertiary/aromatic N) is 2. The molecule has 0 saturated carbocycles. The van der Waals surface area contributed by atoms with Crippen LogP contribution in [-0.2, 0) is 10.9 Å². The molecule has 1 aliphatic heterocycles. The highest BCUT2D eigenvalue weighted by molar-refractivity contribution is 5.93. The van der Waals surface area contributed by atoms with E-state index in [1.807, 2.05) is 4.90 Å². The van der Waals surface area contributed by atoms with Crippen LogP contribution in [0.2, 0.25) is 0 Å². The molecular formula is C18H24F6N4O2. The molecule has 0 aromatic heterocycles. The molecule has 1 heterocycles. The number of ether oxygens (including phenoxy) is 1. The zero-order valence-electron chi connectivity index (χ0n) is 16.4. The van der Waals surface area contributed by atoms with Gasteiger partial charge >= 0.3 is 18.4 Å². The summed E-state index contributed by atoms with van der Waals surface area (Å²) in [6, 6.07) is 2.38. The molecule has 12 heteroatoms. The lowest BCUT2D eigenvalue weighted by atomic mass is 10.1. The van der Waals surface area contributed by atoms with Crippen LogP contribution in [0.1, 0.15) is 12.0 Å². The summed E-state index contributed by atoms with van der Waals surface area (Å²) >= 11 is 0. The van der Waals surface area contributed by atoms with Gasteiger partial charge in [-0.1, -0.05) is 0 Å². The van der Waals surface area contributed by atoms with Crippen LogP contribution in [0, 0.1) is 0 Å². The van der Waals surface area contributed by atoms with E-state index in [-0.39, 0.29) is 25.2 Å². The molecule has 2 rings (SSSR count). The molecule has 0 aliphatic carbocycles. The predicted octanol–water partition coefficient (Wildman–Crippen LogP) is 3.55. The van der Waals surface area contributed by atoms with E-state index in [0.29, 0.717) is 32.0 Å². The van der Waals surface area contributed by atoms with Gasteiger partial charge in [-0.3, -0.25) is 4.90 Å². The molecule has 1 saturated heterocycles.